The van der Waals surface area contributed by atoms with Gasteiger partial charge in [-0.3, -0.25) is 9.59 Å². The van der Waals surface area contributed by atoms with Gasteiger partial charge in [0.25, 0.3) is 5.69 Å². The molecule has 7 nitrogen and oxygen atoms in total. The van der Waals surface area contributed by atoms with Crippen LogP contribution in [0.15, 0.2) is 18.2 Å². The molecule has 0 aliphatic rings. The number of benzene rings is 1. The number of hydrogen-bond donors (Lipinski definition) is 0. The number of fused-ring (bicyclic) bond motifs is 1. The molecule has 0 bridgehead atoms. The summed E-state index contributed by atoms with van der Waals surface area (Å²) in [6.45, 7) is 4.57. The lowest BCUT2D eigenvalue weighted by molar-refractivity contribution is -0.580. The lowest BCUT2D eigenvalue weighted by Gasteiger charge is -2.11. The van der Waals surface area contributed by atoms with Gasteiger partial charge in [-0.05, 0) is 19.1 Å². The highest BCUT2D eigenvalue weighted by molar-refractivity contribution is 5.93. The number of ketones is 1. The summed E-state index contributed by atoms with van der Waals surface area (Å²) in [5.41, 5.74) is 0.616. The molecule has 22 heavy (non-hydrogen) atoms. The standard InChI is InChI=1S/C15H16N2O5/c1-4-21-11-5-6-12-14(7-11)17(20)15(9(2)18)13(16-12)8-22-10(3)19/h5-7H,4,8H2,1-3H3. The molecule has 0 spiro atoms. The molecule has 0 saturated heterocycles. The summed E-state index contributed by atoms with van der Waals surface area (Å²) >= 11 is 0. The van der Waals surface area contributed by atoms with Crippen molar-refractivity contribution in [1.82, 2.24) is 4.98 Å². The molecule has 1 heterocycles. The Bertz CT molecular complexity index is 742. The van der Waals surface area contributed by atoms with Crippen LogP contribution in [0.2, 0.25) is 0 Å². The van der Waals surface area contributed by atoms with E-state index in [1.165, 1.54) is 19.9 Å². The van der Waals surface area contributed by atoms with Gasteiger partial charge in [-0.25, -0.2) is 4.98 Å². The first-order chi connectivity index (χ1) is 10.4. The molecule has 2 aromatic rings. The third-order valence-corrected chi connectivity index (χ3v) is 2.95. The van der Waals surface area contributed by atoms with Crippen LogP contribution in [0, 0.1) is 5.21 Å². The van der Waals surface area contributed by atoms with Gasteiger partial charge in [-0.15, -0.1) is 0 Å². The maximum absolute atomic E-state index is 12.5. The number of hydrogen-bond acceptors (Lipinski definition) is 6. The van der Waals surface area contributed by atoms with Gasteiger partial charge in [0.1, 0.15) is 17.9 Å². The molecule has 7 heteroatoms. The molecule has 0 amide bonds. The zero-order chi connectivity index (χ0) is 16.3. The zero-order valence-corrected chi connectivity index (χ0v) is 12.6. The highest BCUT2D eigenvalue weighted by atomic mass is 16.5. The number of carbonyl (C=O) groups is 2. The van der Waals surface area contributed by atoms with E-state index in [9.17, 15) is 14.8 Å². The van der Waals surface area contributed by atoms with E-state index < -0.39 is 11.8 Å². The average molecular weight is 304 g/mol. The van der Waals surface area contributed by atoms with Crippen LogP contribution in [-0.4, -0.2) is 23.3 Å². The predicted molar refractivity (Wildman–Crippen MR) is 77.3 cm³/mol. The second-order valence-corrected chi connectivity index (χ2v) is 4.62. The van der Waals surface area contributed by atoms with Crippen LogP contribution in [0.4, 0.5) is 0 Å². The monoisotopic (exact) mass is 304 g/mol. The van der Waals surface area contributed by atoms with Crippen molar-refractivity contribution in [3.05, 3.63) is 34.8 Å². The molecule has 0 aliphatic carbocycles. The molecule has 0 unspecified atom stereocenters. The van der Waals surface area contributed by atoms with Gasteiger partial charge in [0, 0.05) is 13.8 Å². The fourth-order valence-electron chi connectivity index (χ4n) is 2.07. The van der Waals surface area contributed by atoms with E-state index in [-0.39, 0.29) is 23.5 Å². The van der Waals surface area contributed by atoms with Gasteiger partial charge in [0.05, 0.1) is 12.7 Å². The lowest BCUT2D eigenvalue weighted by Crippen LogP contribution is -2.37. The first-order valence-corrected chi connectivity index (χ1v) is 6.77. The van der Waals surface area contributed by atoms with E-state index in [0.29, 0.717) is 22.6 Å². The van der Waals surface area contributed by atoms with Crippen molar-refractivity contribution in [2.75, 3.05) is 6.61 Å². The summed E-state index contributed by atoms with van der Waals surface area (Å²) < 4.78 is 10.7. The maximum Gasteiger partial charge on any atom is 0.303 e. The first kappa shape index (κ1) is 15.7. The van der Waals surface area contributed by atoms with E-state index in [2.05, 4.69) is 4.98 Å². The Hall–Kier alpha value is -2.70. The third-order valence-electron chi connectivity index (χ3n) is 2.95. The Labute approximate surface area is 127 Å². The SMILES string of the molecule is CCOc1ccc2nc(COC(C)=O)c(C(C)=O)[n+]([O-])c2c1. The first-order valence-electron chi connectivity index (χ1n) is 6.77. The summed E-state index contributed by atoms with van der Waals surface area (Å²) in [5, 5.41) is 12.5. The van der Waals surface area contributed by atoms with Crippen molar-refractivity contribution in [2.24, 2.45) is 0 Å². The van der Waals surface area contributed by atoms with E-state index in [1.807, 2.05) is 6.92 Å². The van der Waals surface area contributed by atoms with E-state index in [1.54, 1.807) is 12.1 Å². The van der Waals surface area contributed by atoms with Gasteiger partial charge < -0.3 is 14.7 Å². The van der Waals surface area contributed by atoms with Gasteiger partial charge in [0.15, 0.2) is 5.69 Å². The molecule has 0 N–H and O–H groups in total. The largest absolute Gasteiger partial charge is 0.618 e. The quantitative estimate of drug-likeness (QED) is 0.360. The average Bonchev–Trinajstić information content (AvgIpc) is 2.45. The van der Waals surface area contributed by atoms with Crippen molar-refractivity contribution >= 4 is 22.8 Å². The van der Waals surface area contributed by atoms with Crippen LogP contribution in [0.25, 0.3) is 11.0 Å². The van der Waals surface area contributed by atoms with Gasteiger partial charge in [-0.2, -0.15) is 4.73 Å². The molecular formula is C15H16N2O5. The Morgan fingerprint density at radius 1 is 1.32 bits per heavy atom. The minimum atomic E-state index is -0.513. The minimum absolute atomic E-state index is 0.134. The highest BCUT2D eigenvalue weighted by Gasteiger charge is 2.24. The van der Waals surface area contributed by atoms with Crippen LogP contribution in [-0.2, 0) is 16.1 Å². The molecule has 1 aromatic heterocycles. The number of ether oxygens (including phenoxy) is 2. The highest BCUT2D eigenvalue weighted by Crippen LogP contribution is 2.19. The summed E-state index contributed by atoms with van der Waals surface area (Å²) in [6, 6.07) is 4.83. The number of nitrogens with zero attached hydrogens (tertiary/aromatic N) is 2. The predicted octanol–water partition coefficient (Wildman–Crippen LogP) is 1.53. The third kappa shape index (κ3) is 3.13. The lowest BCUT2D eigenvalue weighted by atomic mass is 10.2. The van der Waals surface area contributed by atoms with E-state index >= 15 is 0 Å². The van der Waals surface area contributed by atoms with Crippen molar-refractivity contribution in [2.45, 2.75) is 27.4 Å². The maximum atomic E-state index is 12.5. The number of carbonyl (C=O) groups excluding carboxylic acids is 2. The second kappa shape index (κ2) is 6.38. The van der Waals surface area contributed by atoms with Crippen molar-refractivity contribution in [3.8, 4) is 5.75 Å². The zero-order valence-electron chi connectivity index (χ0n) is 12.6. The molecule has 0 atom stereocenters. The summed E-state index contributed by atoms with van der Waals surface area (Å²) in [5.74, 6) is -0.447. The van der Waals surface area contributed by atoms with E-state index in [4.69, 9.17) is 9.47 Å². The molecule has 0 fully saturated rings. The Morgan fingerprint density at radius 3 is 2.64 bits per heavy atom. The molecule has 0 saturated carbocycles. The topological polar surface area (TPSA) is 92.4 Å². The minimum Gasteiger partial charge on any atom is -0.618 e. The van der Waals surface area contributed by atoms with Gasteiger partial charge in [0.2, 0.25) is 11.3 Å². The molecule has 1 aromatic carbocycles. The van der Waals surface area contributed by atoms with Crippen LogP contribution in [0.1, 0.15) is 37.0 Å². The molecule has 116 valence electrons. The van der Waals surface area contributed by atoms with Crippen LogP contribution in [0.5, 0.6) is 5.75 Å². The summed E-state index contributed by atoms with van der Waals surface area (Å²) in [7, 11) is 0. The molecular weight excluding hydrogens is 288 g/mol. The van der Waals surface area contributed by atoms with Crippen LogP contribution in [0.3, 0.4) is 0 Å². The van der Waals surface area contributed by atoms with Gasteiger partial charge >= 0.3 is 5.97 Å². The smallest absolute Gasteiger partial charge is 0.303 e. The number of esters is 1. The fourth-order valence-corrected chi connectivity index (χ4v) is 2.07. The Balaban J connectivity index is 2.61. The molecule has 0 radical (unpaired) electrons. The van der Waals surface area contributed by atoms with E-state index in [0.717, 1.165) is 0 Å². The number of rotatable bonds is 5. The van der Waals surface area contributed by atoms with Crippen LogP contribution < -0.4 is 9.47 Å². The van der Waals surface area contributed by atoms with Crippen molar-refractivity contribution in [1.29, 1.82) is 0 Å². The van der Waals surface area contributed by atoms with Crippen molar-refractivity contribution < 1.29 is 23.8 Å². The second-order valence-electron chi connectivity index (χ2n) is 4.62. The Morgan fingerprint density at radius 2 is 2.05 bits per heavy atom. The molecule has 0 aliphatic heterocycles. The van der Waals surface area contributed by atoms with Gasteiger partial charge in [-0.1, -0.05) is 0 Å². The summed E-state index contributed by atoms with van der Waals surface area (Å²) in [6.07, 6.45) is 0. The normalized spacial score (nSPS) is 10.5. The number of Topliss-reactive ketones (excluding diaryl/α,β-unsaturated/α-hetero) is 1. The Kier molecular flexibility index (Phi) is 4.55. The van der Waals surface area contributed by atoms with Crippen molar-refractivity contribution in [3.63, 3.8) is 0 Å². The van der Waals surface area contributed by atoms with Crippen LogP contribution >= 0.6 is 0 Å². The summed E-state index contributed by atoms with van der Waals surface area (Å²) in [4.78, 5) is 26.9. The number of aromatic nitrogens is 2. The molecule has 2 rings (SSSR count). The fraction of sp³-hybridized carbons (Fsp3) is 0.333.